The molecular formula is C21H38N2O5. The van der Waals surface area contributed by atoms with Crippen molar-refractivity contribution in [1.29, 1.82) is 0 Å². The van der Waals surface area contributed by atoms with E-state index in [2.05, 4.69) is 10.6 Å². The number of rotatable bonds is 12. The number of Topliss-reactive ketones (excluding diaryl/α,β-unsaturated/α-hetero) is 1. The van der Waals surface area contributed by atoms with E-state index in [-0.39, 0.29) is 35.4 Å². The van der Waals surface area contributed by atoms with E-state index in [1.165, 1.54) is 0 Å². The van der Waals surface area contributed by atoms with Gasteiger partial charge in [-0.2, -0.15) is 0 Å². The van der Waals surface area contributed by atoms with Crippen LogP contribution in [0.2, 0.25) is 0 Å². The van der Waals surface area contributed by atoms with Crippen LogP contribution in [0.25, 0.3) is 0 Å². The molecule has 2 atom stereocenters. The number of hydrogen-bond donors (Lipinski definition) is 3. The molecule has 0 aliphatic heterocycles. The molecule has 0 spiro atoms. The van der Waals surface area contributed by atoms with Gasteiger partial charge in [0.1, 0.15) is 17.9 Å². The number of carboxylic acid groups (broad SMARTS) is 1. The largest absolute Gasteiger partial charge is 0.480 e. The highest BCUT2D eigenvalue weighted by atomic mass is 16.4. The second-order valence-electron chi connectivity index (χ2n) is 9.34. The number of carbonyl (C=O) groups is 4. The Balaban J connectivity index is 4.53. The number of carbonyl (C=O) groups excluding carboxylic acids is 3. The standard InChI is InChI=1S/C21H38N2O5/c1-13(2)17(19(26)23-18(14(3)4)20(27)28)22-16(25)11-9-8-10-15(24)12-21(5,6)7/h13-14,17-18H,8-12H2,1-7H3,(H,22,25)(H,23,26)(H,27,28)/t17-,18-/m0/s1. The number of aliphatic carboxylic acids is 1. The summed E-state index contributed by atoms with van der Waals surface area (Å²) in [6.45, 7) is 13.1. The van der Waals surface area contributed by atoms with Gasteiger partial charge >= 0.3 is 5.97 Å². The molecule has 0 radical (unpaired) electrons. The highest BCUT2D eigenvalue weighted by Crippen LogP contribution is 2.20. The van der Waals surface area contributed by atoms with Crippen molar-refractivity contribution in [2.75, 3.05) is 0 Å². The minimum absolute atomic E-state index is 0.0316. The fraction of sp³-hybridized carbons (Fsp3) is 0.810. The van der Waals surface area contributed by atoms with Crippen molar-refractivity contribution < 1.29 is 24.3 Å². The van der Waals surface area contributed by atoms with Gasteiger partial charge in [-0.25, -0.2) is 4.79 Å². The van der Waals surface area contributed by atoms with E-state index in [9.17, 15) is 24.3 Å². The van der Waals surface area contributed by atoms with Crippen LogP contribution in [-0.2, 0) is 19.2 Å². The zero-order chi connectivity index (χ0) is 22.1. The van der Waals surface area contributed by atoms with Crippen LogP contribution in [-0.4, -0.2) is 40.8 Å². The molecule has 0 aliphatic rings. The van der Waals surface area contributed by atoms with Gasteiger partial charge in [0.25, 0.3) is 0 Å². The van der Waals surface area contributed by atoms with Crippen LogP contribution in [0.15, 0.2) is 0 Å². The summed E-state index contributed by atoms with van der Waals surface area (Å²) in [6, 6.07) is -1.80. The molecule has 0 unspecified atom stereocenters. The molecule has 3 N–H and O–H groups in total. The van der Waals surface area contributed by atoms with Crippen molar-refractivity contribution in [3.05, 3.63) is 0 Å². The maximum absolute atomic E-state index is 12.5. The molecule has 0 saturated heterocycles. The SMILES string of the molecule is CC(C)[C@H](NC(=O)[C@@H](NC(=O)CCCCC(=O)CC(C)(C)C)C(C)C)C(=O)O. The predicted octanol–water partition coefficient (Wildman–Crippen LogP) is 2.92. The molecule has 7 heteroatoms. The van der Waals surface area contributed by atoms with E-state index in [4.69, 9.17) is 0 Å². The number of carboxylic acids is 1. The predicted molar refractivity (Wildman–Crippen MR) is 109 cm³/mol. The Kier molecular flexibility index (Phi) is 11.0. The quantitative estimate of drug-likeness (QED) is 0.438. The van der Waals surface area contributed by atoms with Gasteiger partial charge < -0.3 is 15.7 Å². The second kappa shape index (κ2) is 11.8. The molecule has 0 aromatic rings. The smallest absolute Gasteiger partial charge is 0.326 e. The summed E-state index contributed by atoms with van der Waals surface area (Å²) in [4.78, 5) is 47.8. The van der Waals surface area contributed by atoms with Crippen LogP contribution >= 0.6 is 0 Å². The van der Waals surface area contributed by atoms with Gasteiger partial charge in [0.05, 0.1) is 0 Å². The van der Waals surface area contributed by atoms with Crippen LogP contribution in [0.3, 0.4) is 0 Å². The lowest BCUT2D eigenvalue weighted by molar-refractivity contribution is -0.143. The minimum atomic E-state index is -1.10. The van der Waals surface area contributed by atoms with Gasteiger partial charge in [0.2, 0.25) is 11.8 Å². The van der Waals surface area contributed by atoms with Crippen molar-refractivity contribution in [3.63, 3.8) is 0 Å². The maximum Gasteiger partial charge on any atom is 0.326 e. The van der Waals surface area contributed by atoms with Crippen molar-refractivity contribution in [2.24, 2.45) is 17.3 Å². The minimum Gasteiger partial charge on any atom is -0.480 e. The zero-order valence-corrected chi connectivity index (χ0v) is 18.4. The third kappa shape index (κ3) is 11.0. The van der Waals surface area contributed by atoms with E-state index in [1.54, 1.807) is 27.7 Å². The maximum atomic E-state index is 12.5. The number of amides is 2. The van der Waals surface area contributed by atoms with Crippen molar-refractivity contribution >= 4 is 23.6 Å². The lowest BCUT2D eigenvalue weighted by atomic mass is 9.88. The molecule has 0 aromatic heterocycles. The summed E-state index contributed by atoms with van der Waals surface area (Å²) in [6.07, 6.45) is 2.40. The van der Waals surface area contributed by atoms with E-state index in [1.807, 2.05) is 20.8 Å². The molecule has 0 bridgehead atoms. The van der Waals surface area contributed by atoms with Crippen LogP contribution in [0.1, 0.15) is 80.6 Å². The Bertz CT molecular complexity index is 549. The number of nitrogens with one attached hydrogen (secondary N) is 2. The first-order valence-corrected chi connectivity index (χ1v) is 10.1. The van der Waals surface area contributed by atoms with E-state index >= 15 is 0 Å². The Morgan fingerprint density at radius 1 is 0.821 bits per heavy atom. The van der Waals surface area contributed by atoms with Gasteiger partial charge in [-0.1, -0.05) is 48.5 Å². The van der Waals surface area contributed by atoms with E-state index in [0.717, 1.165) is 0 Å². The van der Waals surface area contributed by atoms with Gasteiger partial charge in [-0.3, -0.25) is 14.4 Å². The third-order valence-electron chi connectivity index (χ3n) is 4.33. The van der Waals surface area contributed by atoms with Gasteiger partial charge in [0.15, 0.2) is 0 Å². The molecule has 0 saturated carbocycles. The third-order valence-corrected chi connectivity index (χ3v) is 4.33. The fourth-order valence-corrected chi connectivity index (χ4v) is 2.82. The molecular weight excluding hydrogens is 360 g/mol. The summed E-state index contributed by atoms with van der Waals surface area (Å²) in [5.74, 6) is -2.12. The molecule has 0 aliphatic carbocycles. The van der Waals surface area contributed by atoms with Crippen LogP contribution < -0.4 is 10.6 Å². The summed E-state index contributed by atoms with van der Waals surface area (Å²) in [5, 5.41) is 14.4. The zero-order valence-electron chi connectivity index (χ0n) is 18.4. The van der Waals surface area contributed by atoms with E-state index in [0.29, 0.717) is 25.7 Å². The average Bonchev–Trinajstić information content (AvgIpc) is 2.51. The normalized spacial score (nSPS) is 13.9. The summed E-state index contributed by atoms with van der Waals surface area (Å²) < 4.78 is 0. The van der Waals surface area contributed by atoms with Crippen LogP contribution in [0, 0.1) is 17.3 Å². The van der Waals surface area contributed by atoms with Crippen molar-refractivity contribution in [3.8, 4) is 0 Å². The topological polar surface area (TPSA) is 113 Å². The second-order valence-corrected chi connectivity index (χ2v) is 9.34. The summed E-state index contributed by atoms with van der Waals surface area (Å²) in [5.41, 5.74) is -0.0316. The van der Waals surface area contributed by atoms with E-state index < -0.39 is 24.0 Å². The average molecular weight is 399 g/mol. The number of hydrogen-bond acceptors (Lipinski definition) is 4. The molecule has 2 amide bonds. The van der Waals surface area contributed by atoms with Crippen molar-refractivity contribution in [1.82, 2.24) is 10.6 Å². The molecule has 0 aromatic carbocycles. The highest BCUT2D eigenvalue weighted by molar-refractivity contribution is 5.90. The Hall–Kier alpha value is -1.92. The summed E-state index contributed by atoms with van der Waals surface area (Å²) in [7, 11) is 0. The van der Waals surface area contributed by atoms with Crippen LogP contribution in [0.5, 0.6) is 0 Å². The molecule has 0 fully saturated rings. The van der Waals surface area contributed by atoms with Crippen LogP contribution in [0.4, 0.5) is 0 Å². The molecule has 28 heavy (non-hydrogen) atoms. The molecule has 7 nitrogen and oxygen atoms in total. The lowest BCUT2D eigenvalue weighted by Crippen LogP contribution is -2.54. The van der Waals surface area contributed by atoms with Gasteiger partial charge in [-0.15, -0.1) is 0 Å². The highest BCUT2D eigenvalue weighted by Gasteiger charge is 2.30. The van der Waals surface area contributed by atoms with Gasteiger partial charge in [-0.05, 0) is 30.1 Å². The molecule has 0 rings (SSSR count). The first-order valence-electron chi connectivity index (χ1n) is 10.1. The first kappa shape index (κ1) is 26.1. The molecule has 162 valence electrons. The number of unbranched alkanes of at least 4 members (excludes halogenated alkanes) is 1. The Labute approximate surface area is 169 Å². The molecule has 0 heterocycles. The lowest BCUT2D eigenvalue weighted by Gasteiger charge is -2.25. The fourth-order valence-electron chi connectivity index (χ4n) is 2.82. The monoisotopic (exact) mass is 398 g/mol. The van der Waals surface area contributed by atoms with Gasteiger partial charge in [0, 0.05) is 19.3 Å². The summed E-state index contributed by atoms with van der Waals surface area (Å²) >= 11 is 0. The Morgan fingerprint density at radius 3 is 1.75 bits per heavy atom. The number of ketones is 1. The Morgan fingerprint density at radius 2 is 1.32 bits per heavy atom. The van der Waals surface area contributed by atoms with Crippen molar-refractivity contribution in [2.45, 2.75) is 92.7 Å². The first-order chi connectivity index (χ1) is 12.7.